The summed E-state index contributed by atoms with van der Waals surface area (Å²) in [5, 5.41) is 0. The average Bonchev–Trinajstić information content (AvgIpc) is 3.74. The molecule has 4 heteroatoms. The molecule has 2 heterocycles. The fourth-order valence-electron chi connectivity index (χ4n) is 14.3. The molecule has 0 bridgehead atoms. The summed E-state index contributed by atoms with van der Waals surface area (Å²) >= 11 is 0. The molecule has 0 N–H and O–H groups in total. The van der Waals surface area contributed by atoms with Gasteiger partial charge < -0.3 is 9.47 Å². The molecular weight excluding hydrogens is 713 g/mol. The van der Waals surface area contributed by atoms with Crippen molar-refractivity contribution in [3.05, 3.63) is 71.4 Å². The summed E-state index contributed by atoms with van der Waals surface area (Å²) in [4.78, 5) is 24.2. The Bertz CT molecular complexity index is 1590. The summed E-state index contributed by atoms with van der Waals surface area (Å²) in [6.07, 6.45) is 33.1. The fraction of sp³-hybridized carbons (Fsp3) is 0.741. The van der Waals surface area contributed by atoms with Crippen LogP contribution >= 0.6 is 0 Å². The molecule has 0 radical (unpaired) electrons. The first-order chi connectivity index (χ1) is 27.2. The minimum atomic E-state index is -0.183. The fourth-order valence-corrected chi connectivity index (χ4v) is 14.3. The van der Waals surface area contributed by atoms with Gasteiger partial charge in [-0.1, -0.05) is 163 Å². The Kier molecular flexibility index (Phi) is 16.8. The highest BCUT2D eigenvalue weighted by Gasteiger charge is 2.58. The van der Waals surface area contributed by atoms with Crippen molar-refractivity contribution in [3.63, 3.8) is 0 Å². The van der Waals surface area contributed by atoms with Crippen LogP contribution in [-0.4, -0.2) is 25.2 Å². The molecule has 6 rings (SSSR count). The lowest BCUT2D eigenvalue weighted by Gasteiger charge is -2.61. The second-order valence-corrected chi connectivity index (χ2v) is 20.3. The van der Waals surface area contributed by atoms with Crippen molar-refractivity contribution in [2.75, 3.05) is 13.2 Å². The van der Waals surface area contributed by atoms with Gasteiger partial charge >= 0.3 is 11.9 Å². The molecule has 0 aromatic heterocycles. The molecule has 4 saturated carbocycles. The van der Waals surface area contributed by atoms with E-state index < -0.39 is 0 Å². The lowest BCUT2D eigenvalue weighted by atomic mass is 9.43. The summed E-state index contributed by atoms with van der Waals surface area (Å²) in [5.41, 5.74) is 6.75. The van der Waals surface area contributed by atoms with E-state index in [1.54, 1.807) is 0 Å². The number of carbonyl (C=O) groups is 2. The first kappa shape index (κ1) is 48.1. The van der Waals surface area contributed by atoms with Gasteiger partial charge in [0.15, 0.2) is 0 Å². The second kappa shape index (κ2) is 20.3. The van der Waals surface area contributed by atoms with E-state index in [9.17, 15) is 9.59 Å². The summed E-state index contributed by atoms with van der Waals surface area (Å²) < 4.78 is 10.4. The van der Waals surface area contributed by atoms with E-state index in [-0.39, 0.29) is 30.2 Å². The van der Waals surface area contributed by atoms with E-state index in [4.69, 9.17) is 9.47 Å². The van der Waals surface area contributed by atoms with Gasteiger partial charge in [-0.05, 0) is 128 Å². The number of carbonyl (C=O) groups excluding carboxylic acids is 2. The number of fused-ring (bicyclic) bond motifs is 2. The molecule has 2 unspecified atom stereocenters. The highest BCUT2D eigenvalue weighted by atomic mass is 16.5. The Labute approximate surface area is 356 Å². The summed E-state index contributed by atoms with van der Waals surface area (Å²) in [6.45, 7) is 31.6. The lowest BCUT2D eigenvalue weighted by Crippen LogP contribution is -2.53. The number of esters is 2. The SMILES string of the molecule is C.C=C1CCC2[C@](C)(CCC)[C@H](CCC)CC[C@@]2(C)[C@@H]1/C=C/C1=C(CCC)COC1=O.C=C1CCC2[C@](C)(CCC)[C@H](CCC)CC[C@@]2(C)[C@@H]1/C=C/C1=CCOC1=O. The van der Waals surface area contributed by atoms with Crippen LogP contribution < -0.4 is 0 Å². The molecule has 2 aliphatic heterocycles. The standard InChI is InChI=1S/C28H44O2.C25H38O2.CH4/c1-7-10-21-19-30-26(29)23(21)13-14-24-20(4)12-15-25-27(5,17-9-3)22(11-8-2)16-18-28(24,25)6;1-6-8-20-13-16-25(5)21(11-10-19-14-17-27-23(19)26)18(3)9-12-22(25)24(20,4)15-7-2;/h13-14,22,24-25H,4,7-12,15-19H2,1-3,5-6H3;10-11,14,20-22H,3,6-9,12-13,15-17H2,1-2,4-5H3;1H4/b14-13+;11-10+;/t22-,24-,25?,27-,28+;20-,21-,22?,24-,25+;/m11./s1. The van der Waals surface area contributed by atoms with Crippen molar-refractivity contribution >= 4 is 11.9 Å². The third-order valence-electron chi connectivity index (χ3n) is 17.0. The van der Waals surface area contributed by atoms with Crippen LogP contribution in [0.4, 0.5) is 0 Å². The van der Waals surface area contributed by atoms with E-state index in [2.05, 4.69) is 93.7 Å². The van der Waals surface area contributed by atoms with Gasteiger partial charge in [0.2, 0.25) is 0 Å². The van der Waals surface area contributed by atoms with Crippen LogP contribution in [0, 0.1) is 57.2 Å². The van der Waals surface area contributed by atoms with Gasteiger partial charge in [0, 0.05) is 11.8 Å². The van der Waals surface area contributed by atoms with E-state index in [1.807, 2.05) is 12.2 Å². The Hall–Kier alpha value is -2.62. The first-order valence-electron chi connectivity index (χ1n) is 23.7. The number of hydrogen-bond acceptors (Lipinski definition) is 4. The van der Waals surface area contributed by atoms with Gasteiger partial charge in [-0.3, -0.25) is 0 Å². The van der Waals surface area contributed by atoms with Crippen LogP contribution in [0.3, 0.4) is 0 Å². The molecule has 0 spiro atoms. The van der Waals surface area contributed by atoms with Crippen LogP contribution in [0.25, 0.3) is 0 Å². The third kappa shape index (κ3) is 9.32. The average molecular weight is 799 g/mol. The normalized spacial score (nSPS) is 37.5. The topological polar surface area (TPSA) is 52.6 Å². The molecule has 10 atom stereocenters. The van der Waals surface area contributed by atoms with E-state index in [0.717, 1.165) is 54.9 Å². The molecule has 0 amide bonds. The van der Waals surface area contributed by atoms with Crippen LogP contribution in [0.5, 0.6) is 0 Å². The molecule has 4 aliphatic carbocycles. The van der Waals surface area contributed by atoms with Crippen molar-refractivity contribution in [1.29, 1.82) is 0 Å². The Morgan fingerprint density at radius 2 is 1.17 bits per heavy atom. The predicted molar refractivity (Wildman–Crippen MR) is 245 cm³/mol. The highest BCUT2D eigenvalue weighted by Crippen LogP contribution is 2.66. The minimum absolute atomic E-state index is 0. The summed E-state index contributed by atoms with van der Waals surface area (Å²) in [6, 6.07) is 0. The number of cyclic esters (lactones) is 2. The van der Waals surface area contributed by atoms with Gasteiger partial charge in [-0.2, -0.15) is 0 Å². The maximum Gasteiger partial charge on any atom is 0.338 e. The molecule has 0 aromatic rings. The third-order valence-corrected chi connectivity index (χ3v) is 17.0. The molecule has 6 aliphatic rings. The molecule has 0 aromatic carbocycles. The highest BCUT2D eigenvalue weighted by molar-refractivity contribution is 5.95. The van der Waals surface area contributed by atoms with E-state index >= 15 is 0 Å². The molecule has 4 nitrogen and oxygen atoms in total. The van der Waals surface area contributed by atoms with Crippen LogP contribution in [0.1, 0.15) is 185 Å². The lowest BCUT2D eigenvalue weighted by molar-refractivity contribution is -0.136. The molecular formula is C54H86O4. The van der Waals surface area contributed by atoms with Crippen molar-refractivity contribution in [3.8, 4) is 0 Å². The number of ether oxygens (including phenoxy) is 2. The summed E-state index contributed by atoms with van der Waals surface area (Å²) in [5.74, 6) is 3.57. The molecule has 0 saturated heterocycles. The van der Waals surface area contributed by atoms with Gasteiger partial charge in [-0.25, -0.2) is 9.59 Å². The number of rotatable bonds is 14. The predicted octanol–water partition coefficient (Wildman–Crippen LogP) is 15.1. The van der Waals surface area contributed by atoms with Crippen LogP contribution in [-0.2, 0) is 19.1 Å². The molecule has 4 fully saturated rings. The first-order valence-corrected chi connectivity index (χ1v) is 23.7. The van der Waals surface area contributed by atoms with Crippen molar-refractivity contribution in [2.45, 2.75) is 185 Å². The van der Waals surface area contributed by atoms with Gasteiger partial charge in [0.1, 0.15) is 13.2 Å². The monoisotopic (exact) mass is 799 g/mol. The van der Waals surface area contributed by atoms with Gasteiger partial charge in [0.25, 0.3) is 0 Å². The minimum Gasteiger partial charge on any atom is -0.458 e. The quantitative estimate of drug-likeness (QED) is 0.130. The number of allylic oxidation sites excluding steroid dienone is 4. The van der Waals surface area contributed by atoms with E-state index in [0.29, 0.717) is 41.5 Å². The van der Waals surface area contributed by atoms with Crippen LogP contribution in [0.2, 0.25) is 0 Å². The van der Waals surface area contributed by atoms with E-state index in [1.165, 1.54) is 107 Å². The zero-order valence-corrected chi connectivity index (χ0v) is 38.0. The Morgan fingerprint density at radius 3 is 1.60 bits per heavy atom. The summed E-state index contributed by atoms with van der Waals surface area (Å²) in [7, 11) is 0. The Morgan fingerprint density at radius 1 is 0.672 bits per heavy atom. The van der Waals surface area contributed by atoms with Crippen molar-refractivity contribution < 1.29 is 19.1 Å². The van der Waals surface area contributed by atoms with Crippen molar-refractivity contribution in [2.24, 2.45) is 57.2 Å². The zero-order chi connectivity index (χ0) is 41.6. The largest absolute Gasteiger partial charge is 0.458 e. The Balaban J connectivity index is 0.000000254. The number of hydrogen-bond donors (Lipinski definition) is 0. The zero-order valence-electron chi connectivity index (χ0n) is 38.0. The molecule has 326 valence electrons. The van der Waals surface area contributed by atoms with Gasteiger partial charge in [0.05, 0.1) is 11.1 Å². The maximum atomic E-state index is 12.3. The van der Waals surface area contributed by atoms with Crippen molar-refractivity contribution in [1.82, 2.24) is 0 Å². The van der Waals surface area contributed by atoms with Gasteiger partial charge in [-0.15, -0.1) is 0 Å². The smallest absolute Gasteiger partial charge is 0.338 e. The second-order valence-electron chi connectivity index (χ2n) is 20.3. The van der Waals surface area contributed by atoms with Crippen LogP contribution in [0.15, 0.2) is 71.4 Å². The maximum absolute atomic E-state index is 12.3. The molecule has 58 heavy (non-hydrogen) atoms.